The zero-order chi connectivity index (χ0) is 14.8. The van der Waals surface area contributed by atoms with E-state index in [0.29, 0.717) is 17.5 Å². The van der Waals surface area contributed by atoms with E-state index in [9.17, 15) is 0 Å². The van der Waals surface area contributed by atoms with Crippen molar-refractivity contribution in [1.82, 2.24) is 10.6 Å². The molecule has 3 fully saturated rings. The van der Waals surface area contributed by atoms with Gasteiger partial charge in [-0.15, -0.1) is 12.4 Å². The second-order valence-electron chi connectivity index (χ2n) is 7.36. The molecule has 3 nitrogen and oxygen atoms in total. The van der Waals surface area contributed by atoms with Crippen molar-refractivity contribution in [3.05, 3.63) is 35.9 Å². The first-order valence-electron chi connectivity index (χ1n) is 8.97. The van der Waals surface area contributed by atoms with Gasteiger partial charge in [0.15, 0.2) is 0 Å². The van der Waals surface area contributed by atoms with Crippen molar-refractivity contribution in [2.45, 2.75) is 49.6 Å². The van der Waals surface area contributed by atoms with E-state index in [0.717, 1.165) is 32.2 Å². The number of rotatable bonds is 5. The standard InChI is InChI=1S/C19H28N2O.ClH/c1-2-5-15(6-3-1)19(9-10-19)14-21-17-8-4-7-16(17)18-13-22-12-11-20-18;/h1-3,5-6,16-18,20-21H,4,7-14H2;1H. The third-order valence-electron chi connectivity index (χ3n) is 5.98. The highest BCUT2D eigenvalue weighted by molar-refractivity contribution is 5.85. The topological polar surface area (TPSA) is 33.3 Å². The van der Waals surface area contributed by atoms with Crippen LogP contribution in [0.5, 0.6) is 0 Å². The Hall–Kier alpha value is -0.610. The summed E-state index contributed by atoms with van der Waals surface area (Å²) < 4.78 is 5.68. The van der Waals surface area contributed by atoms with Crippen molar-refractivity contribution >= 4 is 12.4 Å². The average Bonchev–Trinajstić information content (AvgIpc) is 3.24. The van der Waals surface area contributed by atoms with Gasteiger partial charge < -0.3 is 15.4 Å². The lowest BCUT2D eigenvalue weighted by Gasteiger charge is -2.33. The van der Waals surface area contributed by atoms with Crippen molar-refractivity contribution in [3.8, 4) is 0 Å². The minimum atomic E-state index is 0. The minimum Gasteiger partial charge on any atom is -0.379 e. The molecule has 4 heteroatoms. The van der Waals surface area contributed by atoms with E-state index in [1.165, 1.54) is 37.7 Å². The molecule has 2 saturated carbocycles. The molecule has 1 aromatic carbocycles. The van der Waals surface area contributed by atoms with Crippen LogP contribution >= 0.6 is 12.4 Å². The Morgan fingerprint density at radius 2 is 2.00 bits per heavy atom. The van der Waals surface area contributed by atoms with Crippen molar-refractivity contribution in [2.75, 3.05) is 26.3 Å². The molecule has 2 N–H and O–H groups in total. The lowest BCUT2D eigenvalue weighted by molar-refractivity contribution is 0.0524. The number of benzene rings is 1. The molecule has 0 spiro atoms. The van der Waals surface area contributed by atoms with Gasteiger partial charge in [0.1, 0.15) is 0 Å². The molecule has 3 unspecified atom stereocenters. The van der Waals surface area contributed by atoms with Gasteiger partial charge in [-0.2, -0.15) is 0 Å². The van der Waals surface area contributed by atoms with E-state index in [2.05, 4.69) is 41.0 Å². The van der Waals surface area contributed by atoms with Crippen LogP contribution in [0, 0.1) is 5.92 Å². The molecule has 1 aromatic rings. The lowest BCUT2D eigenvalue weighted by atomic mass is 9.92. The quantitative estimate of drug-likeness (QED) is 0.867. The summed E-state index contributed by atoms with van der Waals surface area (Å²) in [6.07, 6.45) is 6.71. The minimum absolute atomic E-state index is 0. The molecule has 2 aliphatic carbocycles. The molecule has 0 bridgehead atoms. The van der Waals surface area contributed by atoms with Gasteiger partial charge in [0.05, 0.1) is 13.2 Å². The summed E-state index contributed by atoms with van der Waals surface area (Å²) in [6.45, 7) is 3.93. The van der Waals surface area contributed by atoms with Crippen LogP contribution in [0.4, 0.5) is 0 Å². The largest absolute Gasteiger partial charge is 0.379 e. The molecule has 23 heavy (non-hydrogen) atoms. The maximum Gasteiger partial charge on any atom is 0.0623 e. The average molecular weight is 337 g/mol. The zero-order valence-electron chi connectivity index (χ0n) is 13.8. The van der Waals surface area contributed by atoms with E-state index >= 15 is 0 Å². The number of ether oxygens (including phenoxy) is 1. The Labute approximate surface area is 146 Å². The molecule has 1 aliphatic heterocycles. The van der Waals surface area contributed by atoms with Crippen LogP contribution in [0.3, 0.4) is 0 Å². The normalized spacial score (nSPS) is 32.3. The van der Waals surface area contributed by atoms with Crippen molar-refractivity contribution in [1.29, 1.82) is 0 Å². The number of hydrogen-bond acceptors (Lipinski definition) is 3. The molecule has 128 valence electrons. The van der Waals surface area contributed by atoms with E-state index in [1.54, 1.807) is 0 Å². The second kappa shape index (κ2) is 7.52. The van der Waals surface area contributed by atoms with Crippen LogP contribution in [0.15, 0.2) is 30.3 Å². The summed E-state index contributed by atoms with van der Waals surface area (Å²) in [7, 11) is 0. The highest BCUT2D eigenvalue weighted by Crippen LogP contribution is 2.48. The van der Waals surface area contributed by atoms with Gasteiger partial charge in [0.25, 0.3) is 0 Å². The first kappa shape index (κ1) is 17.2. The fourth-order valence-electron chi connectivity index (χ4n) is 4.42. The highest BCUT2D eigenvalue weighted by atomic mass is 35.5. The third-order valence-corrected chi connectivity index (χ3v) is 5.98. The first-order chi connectivity index (χ1) is 10.9. The molecule has 0 radical (unpaired) electrons. The predicted octanol–water partition coefficient (Wildman–Crippen LogP) is 2.89. The van der Waals surface area contributed by atoms with Crippen LogP contribution < -0.4 is 10.6 Å². The van der Waals surface area contributed by atoms with E-state index in [4.69, 9.17) is 4.74 Å². The number of nitrogens with one attached hydrogen (secondary N) is 2. The van der Waals surface area contributed by atoms with Gasteiger partial charge in [-0.25, -0.2) is 0 Å². The maximum atomic E-state index is 5.68. The summed E-state index contributed by atoms with van der Waals surface area (Å²) in [4.78, 5) is 0. The molecule has 1 saturated heterocycles. The Morgan fingerprint density at radius 1 is 1.17 bits per heavy atom. The van der Waals surface area contributed by atoms with Gasteiger partial charge in [-0.05, 0) is 37.2 Å². The molecular formula is C19H29ClN2O. The summed E-state index contributed by atoms with van der Waals surface area (Å²) in [5, 5.41) is 7.61. The molecule has 0 aromatic heterocycles. The van der Waals surface area contributed by atoms with Gasteiger partial charge >= 0.3 is 0 Å². The van der Waals surface area contributed by atoms with Gasteiger partial charge in [0, 0.05) is 30.6 Å². The van der Waals surface area contributed by atoms with Crippen molar-refractivity contribution in [3.63, 3.8) is 0 Å². The van der Waals surface area contributed by atoms with Crippen LogP contribution in [0.1, 0.15) is 37.7 Å². The van der Waals surface area contributed by atoms with E-state index in [-0.39, 0.29) is 12.4 Å². The SMILES string of the molecule is Cl.c1ccc(C2(CNC3CCCC3C3COCCN3)CC2)cc1. The number of morpholine rings is 1. The molecule has 3 aliphatic rings. The molecule has 4 rings (SSSR count). The van der Waals surface area contributed by atoms with Crippen LogP contribution in [0.2, 0.25) is 0 Å². The van der Waals surface area contributed by atoms with Gasteiger partial charge in [0.2, 0.25) is 0 Å². The highest BCUT2D eigenvalue weighted by Gasteiger charge is 2.45. The monoisotopic (exact) mass is 336 g/mol. The van der Waals surface area contributed by atoms with Gasteiger partial charge in [-0.3, -0.25) is 0 Å². The summed E-state index contributed by atoms with van der Waals surface area (Å²) in [6, 6.07) is 12.3. The summed E-state index contributed by atoms with van der Waals surface area (Å²) in [5.74, 6) is 0.742. The Balaban J connectivity index is 0.00000156. The van der Waals surface area contributed by atoms with Crippen LogP contribution in [-0.2, 0) is 10.2 Å². The predicted molar refractivity (Wildman–Crippen MR) is 96.3 cm³/mol. The molecule has 3 atom stereocenters. The third kappa shape index (κ3) is 3.74. The summed E-state index contributed by atoms with van der Waals surface area (Å²) in [5.41, 5.74) is 1.95. The maximum absolute atomic E-state index is 5.68. The van der Waals surface area contributed by atoms with Crippen LogP contribution in [0.25, 0.3) is 0 Å². The lowest BCUT2D eigenvalue weighted by Crippen LogP contribution is -2.51. The zero-order valence-corrected chi connectivity index (χ0v) is 14.6. The molecule has 1 heterocycles. The first-order valence-corrected chi connectivity index (χ1v) is 8.97. The van der Waals surface area contributed by atoms with Crippen molar-refractivity contribution < 1.29 is 4.74 Å². The second-order valence-corrected chi connectivity index (χ2v) is 7.36. The molecular weight excluding hydrogens is 308 g/mol. The number of hydrogen-bond donors (Lipinski definition) is 2. The smallest absolute Gasteiger partial charge is 0.0623 e. The molecule has 0 amide bonds. The summed E-state index contributed by atoms with van der Waals surface area (Å²) >= 11 is 0. The Bertz CT molecular complexity index is 485. The fourth-order valence-corrected chi connectivity index (χ4v) is 4.42. The van der Waals surface area contributed by atoms with Crippen molar-refractivity contribution in [2.24, 2.45) is 5.92 Å². The Kier molecular flexibility index (Phi) is 5.63. The number of halogens is 1. The van der Waals surface area contributed by atoms with E-state index in [1.807, 2.05) is 0 Å². The fraction of sp³-hybridized carbons (Fsp3) is 0.684. The van der Waals surface area contributed by atoms with Gasteiger partial charge in [-0.1, -0.05) is 36.8 Å². The Morgan fingerprint density at radius 3 is 2.70 bits per heavy atom. The van der Waals surface area contributed by atoms with E-state index < -0.39 is 0 Å². The van der Waals surface area contributed by atoms with Crippen LogP contribution in [-0.4, -0.2) is 38.4 Å².